The number of pyridine rings is 1. The smallest absolute Gasteiger partial charge is 0.157 e. The van der Waals surface area contributed by atoms with Gasteiger partial charge in [0.2, 0.25) is 0 Å². The van der Waals surface area contributed by atoms with Crippen molar-refractivity contribution in [3.05, 3.63) is 78.2 Å². The molecule has 4 rings (SSSR count). The largest absolute Gasteiger partial charge is 0.370 e. The molecule has 1 aromatic carbocycles. The molecule has 3 aromatic heterocycles. The SMILES string of the molecule is CC(C)(C)c1ccc(-c2cc(NCCc3cccnc3)n3nccc3n2)cc1. The van der Waals surface area contributed by atoms with Crippen molar-refractivity contribution >= 4 is 11.5 Å². The van der Waals surface area contributed by atoms with Gasteiger partial charge in [-0.05, 0) is 29.0 Å². The molecule has 0 spiro atoms. The third kappa shape index (κ3) is 3.88. The molecule has 0 saturated carbocycles. The lowest BCUT2D eigenvalue weighted by atomic mass is 9.86. The molecule has 5 nitrogen and oxygen atoms in total. The predicted molar refractivity (Wildman–Crippen MR) is 114 cm³/mol. The monoisotopic (exact) mass is 371 g/mol. The van der Waals surface area contributed by atoms with E-state index in [0.717, 1.165) is 35.7 Å². The molecule has 0 bridgehead atoms. The van der Waals surface area contributed by atoms with Gasteiger partial charge in [-0.25, -0.2) is 4.98 Å². The molecular formula is C23H25N5. The molecule has 0 aliphatic rings. The van der Waals surface area contributed by atoms with Crippen LogP contribution in [0.4, 0.5) is 5.82 Å². The standard InChI is InChI=1S/C23H25N5/c1-23(2,3)19-8-6-18(7-9-19)20-15-22(28-21(27-20)11-14-26-28)25-13-10-17-5-4-12-24-16-17/h4-9,11-12,14-16,25H,10,13H2,1-3H3. The quantitative estimate of drug-likeness (QED) is 0.550. The van der Waals surface area contributed by atoms with E-state index in [9.17, 15) is 0 Å². The van der Waals surface area contributed by atoms with E-state index in [0.29, 0.717) is 0 Å². The van der Waals surface area contributed by atoms with Crippen LogP contribution in [-0.2, 0) is 11.8 Å². The van der Waals surface area contributed by atoms with E-state index >= 15 is 0 Å². The Morgan fingerprint density at radius 2 is 1.82 bits per heavy atom. The van der Waals surface area contributed by atoms with E-state index in [1.807, 2.05) is 22.8 Å². The Balaban J connectivity index is 1.60. The van der Waals surface area contributed by atoms with Crippen LogP contribution in [0.15, 0.2) is 67.1 Å². The highest BCUT2D eigenvalue weighted by Gasteiger charge is 2.14. The molecule has 0 fully saturated rings. The number of rotatable bonds is 5. The predicted octanol–water partition coefficient (Wildman–Crippen LogP) is 4.74. The lowest BCUT2D eigenvalue weighted by Crippen LogP contribution is -2.11. The molecule has 0 radical (unpaired) electrons. The van der Waals surface area contributed by atoms with Gasteiger partial charge < -0.3 is 5.32 Å². The zero-order valence-electron chi connectivity index (χ0n) is 16.6. The van der Waals surface area contributed by atoms with E-state index in [-0.39, 0.29) is 5.41 Å². The van der Waals surface area contributed by atoms with Gasteiger partial charge in [0.25, 0.3) is 0 Å². The van der Waals surface area contributed by atoms with Crippen molar-refractivity contribution in [2.24, 2.45) is 0 Å². The maximum absolute atomic E-state index is 4.77. The summed E-state index contributed by atoms with van der Waals surface area (Å²) in [5.41, 5.74) is 5.54. The van der Waals surface area contributed by atoms with Gasteiger partial charge in [-0.3, -0.25) is 4.98 Å². The van der Waals surface area contributed by atoms with E-state index in [4.69, 9.17) is 4.98 Å². The Morgan fingerprint density at radius 1 is 1.00 bits per heavy atom. The van der Waals surface area contributed by atoms with Crippen LogP contribution in [0.5, 0.6) is 0 Å². The van der Waals surface area contributed by atoms with Crippen LogP contribution >= 0.6 is 0 Å². The number of nitrogens with one attached hydrogen (secondary N) is 1. The Hall–Kier alpha value is -3.21. The highest BCUT2D eigenvalue weighted by molar-refractivity contribution is 5.66. The van der Waals surface area contributed by atoms with Crippen LogP contribution in [0, 0.1) is 0 Å². The van der Waals surface area contributed by atoms with Crippen molar-refractivity contribution in [2.75, 3.05) is 11.9 Å². The first kappa shape index (κ1) is 18.2. The summed E-state index contributed by atoms with van der Waals surface area (Å²) in [6, 6.07) is 16.7. The van der Waals surface area contributed by atoms with E-state index < -0.39 is 0 Å². The van der Waals surface area contributed by atoms with E-state index in [1.54, 1.807) is 12.4 Å². The number of anilines is 1. The lowest BCUT2D eigenvalue weighted by molar-refractivity contribution is 0.590. The Bertz CT molecular complexity index is 1060. The third-order valence-corrected chi connectivity index (χ3v) is 4.85. The van der Waals surface area contributed by atoms with Crippen LogP contribution in [-0.4, -0.2) is 26.1 Å². The first-order valence-electron chi connectivity index (χ1n) is 9.59. The third-order valence-electron chi connectivity index (χ3n) is 4.85. The number of benzene rings is 1. The molecule has 0 aliphatic heterocycles. The zero-order valence-corrected chi connectivity index (χ0v) is 16.6. The number of fused-ring (bicyclic) bond motifs is 1. The maximum atomic E-state index is 4.77. The molecule has 0 unspecified atom stereocenters. The van der Waals surface area contributed by atoms with Crippen molar-refractivity contribution in [1.82, 2.24) is 19.6 Å². The van der Waals surface area contributed by atoms with E-state index in [2.05, 4.69) is 72.6 Å². The second kappa shape index (κ2) is 7.43. The molecular weight excluding hydrogens is 346 g/mol. The summed E-state index contributed by atoms with van der Waals surface area (Å²) in [5, 5.41) is 7.91. The van der Waals surface area contributed by atoms with Crippen molar-refractivity contribution in [3.8, 4) is 11.3 Å². The molecule has 0 saturated heterocycles. The normalized spacial score (nSPS) is 11.7. The first-order valence-corrected chi connectivity index (χ1v) is 9.59. The molecule has 1 N–H and O–H groups in total. The lowest BCUT2D eigenvalue weighted by Gasteiger charge is -2.19. The molecule has 3 heterocycles. The van der Waals surface area contributed by atoms with E-state index in [1.165, 1.54) is 11.1 Å². The van der Waals surface area contributed by atoms with Gasteiger partial charge in [0.1, 0.15) is 5.82 Å². The highest BCUT2D eigenvalue weighted by Crippen LogP contribution is 2.27. The molecule has 4 aromatic rings. The summed E-state index contributed by atoms with van der Waals surface area (Å²) in [5.74, 6) is 0.939. The van der Waals surface area contributed by atoms with Crippen LogP contribution in [0.25, 0.3) is 16.9 Å². The van der Waals surface area contributed by atoms with Crippen molar-refractivity contribution < 1.29 is 0 Å². The molecule has 0 amide bonds. The fourth-order valence-electron chi connectivity index (χ4n) is 3.21. The molecule has 28 heavy (non-hydrogen) atoms. The van der Waals surface area contributed by atoms with Crippen LogP contribution in [0.2, 0.25) is 0 Å². The van der Waals surface area contributed by atoms with Gasteiger partial charge in [-0.2, -0.15) is 9.61 Å². The van der Waals surface area contributed by atoms with Crippen LogP contribution < -0.4 is 5.32 Å². The van der Waals surface area contributed by atoms with Crippen LogP contribution in [0.3, 0.4) is 0 Å². The van der Waals surface area contributed by atoms with Gasteiger partial charge in [0, 0.05) is 36.6 Å². The Kier molecular flexibility index (Phi) is 4.82. The van der Waals surface area contributed by atoms with Crippen molar-refractivity contribution in [3.63, 3.8) is 0 Å². The fraction of sp³-hybridized carbons (Fsp3) is 0.261. The summed E-state index contributed by atoms with van der Waals surface area (Å²) in [4.78, 5) is 8.95. The first-order chi connectivity index (χ1) is 13.5. The number of aromatic nitrogens is 4. The van der Waals surface area contributed by atoms with Gasteiger partial charge in [-0.1, -0.05) is 51.1 Å². The number of nitrogens with zero attached hydrogens (tertiary/aromatic N) is 4. The Morgan fingerprint density at radius 3 is 2.54 bits per heavy atom. The van der Waals surface area contributed by atoms with Crippen LogP contribution in [0.1, 0.15) is 31.9 Å². The summed E-state index contributed by atoms with van der Waals surface area (Å²) < 4.78 is 1.84. The second-order valence-corrected chi connectivity index (χ2v) is 7.99. The minimum atomic E-state index is 0.139. The van der Waals surface area contributed by atoms with Crippen molar-refractivity contribution in [1.29, 1.82) is 0 Å². The van der Waals surface area contributed by atoms with Gasteiger partial charge in [-0.15, -0.1) is 0 Å². The second-order valence-electron chi connectivity index (χ2n) is 7.99. The van der Waals surface area contributed by atoms with Gasteiger partial charge in [0.05, 0.1) is 11.9 Å². The zero-order chi connectivity index (χ0) is 19.6. The van der Waals surface area contributed by atoms with Gasteiger partial charge >= 0.3 is 0 Å². The summed E-state index contributed by atoms with van der Waals surface area (Å²) in [6.45, 7) is 7.47. The minimum absolute atomic E-state index is 0.139. The molecule has 5 heteroatoms. The fourth-order valence-corrected chi connectivity index (χ4v) is 3.21. The average molecular weight is 371 g/mol. The minimum Gasteiger partial charge on any atom is -0.370 e. The summed E-state index contributed by atoms with van der Waals surface area (Å²) in [6.07, 6.45) is 6.37. The molecule has 142 valence electrons. The van der Waals surface area contributed by atoms with Gasteiger partial charge in [0.15, 0.2) is 5.65 Å². The molecule has 0 aliphatic carbocycles. The van der Waals surface area contributed by atoms with Crippen molar-refractivity contribution in [2.45, 2.75) is 32.6 Å². The summed E-state index contributed by atoms with van der Waals surface area (Å²) >= 11 is 0. The maximum Gasteiger partial charge on any atom is 0.157 e. The number of hydrogen-bond acceptors (Lipinski definition) is 4. The number of hydrogen-bond donors (Lipinski definition) is 1. The summed E-state index contributed by atoms with van der Waals surface area (Å²) in [7, 11) is 0. The Labute approximate surface area is 165 Å². The highest BCUT2D eigenvalue weighted by atomic mass is 15.3. The molecule has 0 atom stereocenters. The average Bonchev–Trinajstić information content (AvgIpc) is 3.17. The topological polar surface area (TPSA) is 55.1 Å².